The molecule has 34 heavy (non-hydrogen) atoms. The SMILES string of the molecule is CCn1c(=Cc2sc3c4ccccc4ccc3[n+]2CC)sc(=C2Sc3ccccc3N2C)c1=O. The van der Waals surface area contributed by atoms with Crippen LogP contribution in [0, 0.1) is 0 Å². The Labute approximate surface area is 209 Å². The Morgan fingerprint density at radius 1 is 0.971 bits per heavy atom. The Morgan fingerprint density at radius 3 is 2.56 bits per heavy atom. The average Bonchev–Trinajstić information content (AvgIpc) is 3.49. The van der Waals surface area contributed by atoms with E-state index in [0.717, 1.165) is 26.5 Å². The van der Waals surface area contributed by atoms with E-state index in [4.69, 9.17) is 0 Å². The quantitative estimate of drug-likeness (QED) is 0.334. The Bertz CT molecular complexity index is 1760. The molecule has 0 radical (unpaired) electrons. The van der Waals surface area contributed by atoms with Gasteiger partial charge in [-0.1, -0.05) is 59.5 Å². The van der Waals surface area contributed by atoms with E-state index in [9.17, 15) is 4.79 Å². The van der Waals surface area contributed by atoms with Gasteiger partial charge in [0.05, 0.1) is 11.8 Å². The van der Waals surface area contributed by atoms with Crippen LogP contribution in [0.5, 0.6) is 0 Å². The summed E-state index contributed by atoms with van der Waals surface area (Å²) in [6.07, 6.45) is 2.20. The highest BCUT2D eigenvalue weighted by atomic mass is 32.2. The Hall–Kier alpha value is -2.87. The van der Waals surface area contributed by atoms with Crippen LogP contribution in [-0.2, 0) is 13.1 Å². The van der Waals surface area contributed by atoms with Crippen molar-refractivity contribution in [1.82, 2.24) is 4.57 Å². The molecule has 0 saturated heterocycles. The smallest absolute Gasteiger partial charge is 0.271 e. The summed E-state index contributed by atoms with van der Waals surface area (Å²) >= 11 is 5.09. The highest BCUT2D eigenvalue weighted by molar-refractivity contribution is 8.08. The molecule has 3 aromatic carbocycles. The van der Waals surface area contributed by atoms with Crippen LogP contribution in [0.3, 0.4) is 0 Å². The maximum absolute atomic E-state index is 13.5. The number of hydrogen-bond acceptors (Lipinski definition) is 5. The lowest BCUT2D eigenvalue weighted by Crippen LogP contribution is -2.35. The summed E-state index contributed by atoms with van der Waals surface area (Å²) in [5.41, 5.74) is 2.50. The lowest BCUT2D eigenvalue weighted by Gasteiger charge is -2.11. The zero-order valence-electron chi connectivity index (χ0n) is 19.2. The number of benzene rings is 3. The van der Waals surface area contributed by atoms with E-state index in [1.807, 2.05) is 17.6 Å². The second-order valence-electron chi connectivity index (χ2n) is 8.22. The van der Waals surface area contributed by atoms with E-state index < -0.39 is 0 Å². The van der Waals surface area contributed by atoms with Crippen molar-refractivity contribution in [3.05, 3.63) is 85.2 Å². The van der Waals surface area contributed by atoms with Gasteiger partial charge >= 0.3 is 0 Å². The summed E-state index contributed by atoms with van der Waals surface area (Å²) in [6.45, 7) is 5.76. The van der Waals surface area contributed by atoms with Crippen LogP contribution in [0.2, 0.25) is 0 Å². The van der Waals surface area contributed by atoms with E-state index in [1.165, 1.54) is 30.9 Å². The standard InChI is InChI=1S/C27H24N3OS3/c1-4-29-20-15-14-17-10-6-7-11-18(17)24(20)33-22(29)16-23-30(5-2)26(31)25(34-23)27-28(3)19-12-8-9-13-21(19)32-27/h6-16H,4-5H2,1-3H3/q+1. The number of aryl methyl sites for hydroxylation is 1. The third-order valence-electron chi connectivity index (χ3n) is 6.35. The Kier molecular flexibility index (Phi) is 5.36. The molecule has 0 amide bonds. The predicted octanol–water partition coefficient (Wildman–Crippen LogP) is 4.74. The fourth-order valence-corrected chi connectivity index (χ4v) is 8.46. The van der Waals surface area contributed by atoms with Crippen LogP contribution in [-0.4, -0.2) is 11.6 Å². The van der Waals surface area contributed by atoms with Gasteiger partial charge in [-0.15, -0.1) is 11.3 Å². The van der Waals surface area contributed by atoms with E-state index in [1.54, 1.807) is 34.4 Å². The highest BCUT2D eigenvalue weighted by Crippen LogP contribution is 2.44. The van der Waals surface area contributed by atoms with Crippen LogP contribution in [0.4, 0.5) is 5.69 Å². The van der Waals surface area contributed by atoms with Gasteiger partial charge in [0.15, 0.2) is 0 Å². The number of thioether (sulfide) groups is 1. The van der Waals surface area contributed by atoms with E-state index in [0.29, 0.717) is 6.54 Å². The van der Waals surface area contributed by atoms with Crippen molar-refractivity contribution in [3.63, 3.8) is 0 Å². The van der Waals surface area contributed by atoms with Gasteiger partial charge in [0.25, 0.3) is 10.6 Å². The minimum Gasteiger partial charge on any atom is -0.337 e. The summed E-state index contributed by atoms with van der Waals surface area (Å²) in [5, 5.41) is 4.73. The highest BCUT2D eigenvalue weighted by Gasteiger charge is 2.25. The second kappa shape index (κ2) is 8.41. The normalized spacial score (nSPS) is 15.6. The first-order valence-corrected chi connectivity index (χ1v) is 13.9. The molecule has 1 aliphatic heterocycles. The molecule has 0 atom stereocenters. The molecule has 1 aliphatic rings. The molecule has 3 heterocycles. The maximum atomic E-state index is 13.5. The predicted molar refractivity (Wildman–Crippen MR) is 146 cm³/mol. The fraction of sp³-hybridized carbons (Fsp3) is 0.185. The third kappa shape index (κ3) is 3.26. The fourth-order valence-electron chi connectivity index (χ4n) is 4.64. The monoisotopic (exact) mass is 502 g/mol. The minimum atomic E-state index is 0.0931. The molecule has 0 fully saturated rings. The summed E-state index contributed by atoms with van der Waals surface area (Å²) in [6, 6.07) is 21.3. The van der Waals surface area contributed by atoms with Crippen LogP contribution in [0.15, 0.2) is 70.4 Å². The number of thiazole rings is 2. The van der Waals surface area contributed by atoms with Gasteiger partial charge in [0, 0.05) is 29.9 Å². The van der Waals surface area contributed by atoms with Crippen molar-refractivity contribution in [2.45, 2.75) is 31.8 Å². The second-order valence-corrected chi connectivity index (χ2v) is 11.3. The first-order chi connectivity index (χ1) is 16.6. The zero-order valence-corrected chi connectivity index (χ0v) is 21.7. The molecule has 0 unspecified atom stereocenters. The number of fused-ring (bicyclic) bond motifs is 4. The largest absolute Gasteiger partial charge is 0.337 e. The van der Waals surface area contributed by atoms with Crippen molar-refractivity contribution >= 4 is 72.2 Å². The van der Waals surface area contributed by atoms with Gasteiger partial charge < -0.3 is 4.90 Å². The Balaban J connectivity index is 1.60. The summed E-state index contributed by atoms with van der Waals surface area (Å²) in [7, 11) is 2.05. The van der Waals surface area contributed by atoms with Crippen molar-refractivity contribution in [1.29, 1.82) is 0 Å². The minimum absolute atomic E-state index is 0.0931. The zero-order chi connectivity index (χ0) is 23.4. The van der Waals surface area contributed by atoms with Gasteiger partial charge in [0.1, 0.15) is 25.5 Å². The van der Waals surface area contributed by atoms with Crippen molar-refractivity contribution < 1.29 is 4.57 Å². The molecule has 2 aromatic heterocycles. The van der Waals surface area contributed by atoms with Crippen LogP contribution >= 0.6 is 34.4 Å². The van der Waals surface area contributed by atoms with E-state index in [2.05, 4.69) is 84.1 Å². The molecule has 6 rings (SSSR count). The van der Waals surface area contributed by atoms with E-state index in [-0.39, 0.29) is 5.56 Å². The van der Waals surface area contributed by atoms with E-state index >= 15 is 0 Å². The first kappa shape index (κ1) is 21.6. The Morgan fingerprint density at radius 2 is 1.76 bits per heavy atom. The van der Waals surface area contributed by atoms with Crippen molar-refractivity contribution in [2.75, 3.05) is 11.9 Å². The molecule has 170 valence electrons. The summed E-state index contributed by atoms with van der Waals surface area (Å²) in [4.78, 5) is 16.8. The number of nitrogens with zero attached hydrogens (tertiary/aromatic N) is 3. The topological polar surface area (TPSA) is 29.1 Å². The number of rotatable bonds is 3. The summed E-state index contributed by atoms with van der Waals surface area (Å²) in [5.74, 6) is 0. The number of anilines is 1. The van der Waals surface area contributed by atoms with Crippen molar-refractivity contribution in [3.8, 4) is 0 Å². The average molecular weight is 503 g/mol. The summed E-state index contributed by atoms with van der Waals surface area (Å²) < 4.78 is 7.37. The maximum Gasteiger partial charge on any atom is 0.271 e. The lowest BCUT2D eigenvalue weighted by atomic mass is 10.1. The molecule has 0 saturated carbocycles. The van der Waals surface area contributed by atoms with Crippen LogP contribution in [0.1, 0.15) is 18.9 Å². The number of hydrogen-bond donors (Lipinski definition) is 0. The van der Waals surface area contributed by atoms with Crippen molar-refractivity contribution in [2.24, 2.45) is 0 Å². The van der Waals surface area contributed by atoms with Gasteiger partial charge in [0.2, 0.25) is 5.52 Å². The van der Waals surface area contributed by atoms with Crippen LogP contribution in [0.25, 0.3) is 32.1 Å². The molecule has 0 aliphatic carbocycles. The molecule has 0 N–H and O–H groups in total. The first-order valence-electron chi connectivity index (χ1n) is 11.4. The van der Waals surface area contributed by atoms with Gasteiger partial charge in [-0.2, -0.15) is 4.57 Å². The lowest BCUT2D eigenvalue weighted by molar-refractivity contribution is -0.665. The number of para-hydroxylation sites is 1. The molecule has 0 spiro atoms. The third-order valence-corrected chi connectivity index (χ3v) is 10.0. The van der Waals surface area contributed by atoms with Gasteiger partial charge in [-0.25, -0.2) is 0 Å². The molecule has 4 nitrogen and oxygen atoms in total. The molecule has 0 bridgehead atoms. The number of aromatic nitrogens is 2. The molecule has 5 aromatic rings. The molecular formula is C27H24N3OS3+. The molecule has 7 heteroatoms. The van der Waals surface area contributed by atoms with Crippen LogP contribution < -0.4 is 24.2 Å². The van der Waals surface area contributed by atoms with Gasteiger partial charge in [-0.05, 0) is 37.4 Å². The van der Waals surface area contributed by atoms with Gasteiger partial charge in [-0.3, -0.25) is 9.36 Å². The molecular weight excluding hydrogens is 479 g/mol.